The summed E-state index contributed by atoms with van der Waals surface area (Å²) in [5, 5.41) is 0. The molecule has 0 bridgehead atoms. The van der Waals surface area contributed by atoms with Gasteiger partial charge in [-0.3, -0.25) is 4.90 Å². The second-order valence-electron chi connectivity index (χ2n) is 6.30. The average molecular weight is 310 g/mol. The van der Waals surface area contributed by atoms with Crippen molar-refractivity contribution in [3.63, 3.8) is 0 Å². The van der Waals surface area contributed by atoms with Crippen LogP contribution in [0, 0.1) is 5.82 Å². The maximum absolute atomic E-state index is 13.1. The summed E-state index contributed by atoms with van der Waals surface area (Å²) in [6, 6.07) is 14.9. The predicted molar refractivity (Wildman–Crippen MR) is 87.9 cm³/mol. The molecule has 0 atom stereocenters. The molecule has 1 saturated carbocycles. The molecule has 118 valence electrons. The summed E-state index contributed by atoms with van der Waals surface area (Å²) in [4.78, 5) is 16.9. The fourth-order valence-corrected chi connectivity index (χ4v) is 3.22. The number of halogens is 1. The molecule has 1 heterocycles. The highest BCUT2D eigenvalue weighted by molar-refractivity contribution is 5.94. The van der Waals surface area contributed by atoms with Crippen LogP contribution in [0.4, 0.5) is 14.9 Å². The van der Waals surface area contributed by atoms with E-state index in [1.807, 2.05) is 28.0 Å². The lowest BCUT2D eigenvalue weighted by atomic mass is 10.2. The average Bonchev–Trinajstić information content (AvgIpc) is 3.32. The molecule has 2 aromatic carbocycles. The Morgan fingerprint density at radius 2 is 1.87 bits per heavy atom. The van der Waals surface area contributed by atoms with Gasteiger partial charge in [0.15, 0.2) is 0 Å². The molecule has 23 heavy (non-hydrogen) atoms. The number of hydrogen-bond donors (Lipinski definition) is 0. The van der Waals surface area contributed by atoms with Gasteiger partial charge in [0.25, 0.3) is 0 Å². The van der Waals surface area contributed by atoms with Gasteiger partial charge in [0.2, 0.25) is 0 Å². The molecule has 2 amide bonds. The van der Waals surface area contributed by atoms with Crippen LogP contribution in [-0.2, 0) is 13.0 Å². The van der Waals surface area contributed by atoms with E-state index in [0.717, 1.165) is 37.1 Å². The minimum absolute atomic E-state index is 0.0711. The smallest absolute Gasteiger partial charge is 0.317 e. The van der Waals surface area contributed by atoms with Gasteiger partial charge in [-0.1, -0.05) is 30.3 Å². The number of anilines is 1. The Balaban J connectivity index is 1.56. The van der Waals surface area contributed by atoms with E-state index in [9.17, 15) is 9.18 Å². The highest BCUT2D eigenvalue weighted by Gasteiger charge is 2.37. The quantitative estimate of drug-likeness (QED) is 0.841. The maximum atomic E-state index is 13.1. The molecule has 0 radical (unpaired) electrons. The van der Waals surface area contributed by atoms with Crippen molar-refractivity contribution in [1.82, 2.24) is 4.90 Å². The van der Waals surface area contributed by atoms with Gasteiger partial charge in [0.1, 0.15) is 5.82 Å². The Kier molecular flexibility index (Phi) is 3.52. The molecule has 4 rings (SSSR count). The Labute approximate surface area is 135 Å². The van der Waals surface area contributed by atoms with Crippen molar-refractivity contribution in [1.29, 1.82) is 0 Å². The third-order valence-corrected chi connectivity index (χ3v) is 4.62. The Hall–Kier alpha value is -2.36. The molecule has 1 aliphatic carbocycles. The third kappa shape index (κ3) is 2.81. The summed E-state index contributed by atoms with van der Waals surface area (Å²) >= 11 is 0. The van der Waals surface area contributed by atoms with Crippen LogP contribution in [0.3, 0.4) is 0 Å². The predicted octanol–water partition coefficient (Wildman–Crippen LogP) is 3.97. The topological polar surface area (TPSA) is 23.6 Å². The maximum Gasteiger partial charge on any atom is 0.325 e. The van der Waals surface area contributed by atoms with E-state index in [-0.39, 0.29) is 11.8 Å². The lowest BCUT2D eigenvalue weighted by molar-refractivity contribution is 0.199. The molecule has 1 aliphatic heterocycles. The van der Waals surface area contributed by atoms with Crippen LogP contribution in [0.25, 0.3) is 0 Å². The first kappa shape index (κ1) is 14.2. The number of amides is 2. The molecule has 4 heteroatoms. The summed E-state index contributed by atoms with van der Waals surface area (Å²) < 4.78 is 13.1. The van der Waals surface area contributed by atoms with E-state index in [4.69, 9.17) is 0 Å². The van der Waals surface area contributed by atoms with E-state index in [0.29, 0.717) is 12.6 Å². The van der Waals surface area contributed by atoms with E-state index in [1.165, 1.54) is 17.7 Å². The highest BCUT2D eigenvalue weighted by Crippen LogP contribution is 2.33. The van der Waals surface area contributed by atoms with Crippen LogP contribution in [0.5, 0.6) is 0 Å². The van der Waals surface area contributed by atoms with Crippen molar-refractivity contribution in [2.45, 2.75) is 31.8 Å². The number of para-hydroxylation sites is 1. The number of rotatable bonds is 3. The minimum atomic E-state index is -0.244. The first-order valence-corrected chi connectivity index (χ1v) is 8.13. The molecule has 0 saturated heterocycles. The standard InChI is InChI=1S/C19H19FN2O/c20-16-7-5-14(6-8-16)13-22(17-9-10-17)19(23)21-12-11-15-3-1-2-4-18(15)21/h1-8,17H,9-13H2. The number of nitrogens with zero attached hydrogens (tertiary/aromatic N) is 2. The van der Waals surface area contributed by atoms with Crippen molar-refractivity contribution in [3.8, 4) is 0 Å². The van der Waals surface area contributed by atoms with Gasteiger partial charge in [-0.2, -0.15) is 0 Å². The molecule has 0 N–H and O–H groups in total. The van der Waals surface area contributed by atoms with Gasteiger partial charge in [0.05, 0.1) is 0 Å². The van der Waals surface area contributed by atoms with Gasteiger partial charge in [-0.15, -0.1) is 0 Å². The number of fused-ring (bicyclic) bond motifs is 1. The molecule has 2 aliphatic rings. The fraction of sp³-hybridized carbons (Fsp3) is 0.316. The lowest BCUT2D eigenvalue weighted by Crippen LogP contribution is -2.43. The zero-order valence-electron chi connectivity index (χ0n) is 12.9. The molecule has 0 unspecified atom stereocenters. The second-order valence-corrected chi connectivity index (χ2v) is 6.30. The summed E-state index contributed by atoms with van der Waals surface area (Å²) in [6.45, 7) is 1.28. The Morgan fingerprint density at radius 1 is 1.13 bits per heavy atom. The van der Waals surface area contributed by atoms with Crippen LogP contribution in [0.1, 0.15) is 24.0 Å². The third-order valence-electron chi connectivity index (χ3n) is 4.62. The van der Waals surface area contributed by atoms with E-state index in [1.54, 1.807) is 12.1 Å². The van der Waals surface area contributed by atoms with Crippen LogP contribution in [0.15, 0.2) is 48.5 Å². The zero-order chi connectivity index (χ0) is 15.8. The number of urea groups is 1. The molecule has 2 aromatic rings. The van der Waals surface area contributed by atoms with Gasteiger partial charge in [0, 0.05) is 24.8 Å². The van der Waals surface area contributed by atoms with Crippen molar-refractivity contribution in [2.24, 2.45) is 0 Å². The van der Waals surface area contributed by atoms with Crippen molar-refractivity contribution in [3.05, 3.63) is 65.5 Å². The number of benzene rings is 2. The summed E-state index contributed by atoms with van der Waals surface area (Å²) in [5.41, 5.74) is 3.24. The lowest BCUT2D eigenvalue weighted by Gasteiger charge is -2.28. The molecule has 1 fully saturated rings. The van der Waals surface area contributed by atoms with Crippen molar-refractivity contribution < 1.29 is 9.18 Å². The molecule has 0 aromatic heterocycles. The number of hydrogen-bond acceptors (Lipinski definition) is 1. The first-order valence-electron chi connectivity index (χ1n) is 8.13. The highest BCUT2D eigenvalue weighted by atomic mass is 19.1. The summed E-state index contributed by atoms with van der Waals surface area (Å²) in [6.07, 6.45) is 3.03. The minimum Gasteiger partial charge on any atom is -0.317 e. The molecular weight excluding hydrogens is 291 g/mol. The second kappa shape index (κ2) is 5.69. The van der Waals surface area contributed by atoms with Crippen molar-refractivity contribution >= 4 is 11.7 Å². The zero-order valence-corrected chi connectivity index (χ0v) is 12.9. The number of carbonyl (C=O) groups is 1. The monoisotopic (exact) mass is 310 g/mol. The van der Waals surface area contributed by atoms with E-state index < -0.39 is 0 Å². The van der Waals surface area contributed by atoms with Gasteiger partial charge in [-0.05, 0) is 48.6 Å². The van der Waals surface area contributed by atoms with E-state index >= 15 is 0 Å². The van der Waals surface area contributed by atoms with Crippen LogP contribution >= 0.6 is 0 Å². The largest absolute Gasteiger partial charge is 0.325 e. The molecular formula is C19H19FN2O. The molecule has 0 spiro atoms. The summed E-state index contributed by atoms with van der Waals surface area (Å²) in [7, 11) is 0. The van der Waals surface area contributed by atoms with Crippen LogP contribution < -0.4 is 4.90 Å². The van der Waals surface area contributed by atoms with Gasteiger partial charge in [-0.25, -0.2) is 9.18 Å². The Morgan fingerprint density at radius 3 is 2.61 bits per heavy atom. The SMILES string of the molecule is O=C(N1CCc2ccccc21)N(Cc1ccc(F)cc1)C1CC1. The van der Waals surface area contributed by atoms with Gasteiger partial charge >= 0.3 is 6.03 Å². The fourth-order valence-electron chi connectivity index (χ4n) is 3.22. The van der Waals surface area contributed by atoms with E-state index in [2.05, 4.69) is 6.07 Å². The molecule has 3 nitrogen and oxygen atoms in total. The van der Waals surface area contributed by atoms with Crippen LogP contribution in [-0.4, -0.2) is 23.5 Å². The first-order chi connectivity index (χ1) is 11.2. The van der Waals surface area contributed by atoms with Crippen LogP contribution in [0.2, 0.25) is 0 Å². The van der Waals surface area contributed by atoms with Gasteiger partial charge < -0.3 is 4.90 Å². The normalized spacial score (nSPS) is 16.3. The number of carbonyl (C=O) groups excluding carboxylic acids is 1. The van der Waals surface area contributed by atoms with Crippen molar-refractivity contribution in [2.75, 3.05) is 11.4 Å². The summed E-state index contributed by atoms with van der Waals surface area (Å²) in [5.74, 6) is -0.244. The Bertz CT molecular complexity index is 724.